The van der Waals surface area contributed by atoms with E-state index in [4.69, 9.17) is 20.9 Å². The molecule has 9 heteroatoms. The number of pyridine rings is 1. The summed E-state index contributed by atoms with van der Waals surface area (Å²) in [6, 6.07) is 2.99. The molecule has 1 fully saturated rings. The van der Waals surface area contributed by atoms with Gasteiger partial charge in [-0.25, -0.2) is 4.39 Å². The fourth-order valence-electron chi connectivity index (χ4n) is 3.35. The zero-order valence-electron chi connectivity index (χ0n) is 13.6. The Hall–Kier alpha value is -2.52. The van der Waals surface area contributed by atoms with Crippen LogP contribution in [-0.2, 0) is 17.7 Å². The van der Waals surface area contributed by atoms with Crippen molar-refractivity contribution < 1.29 is 13.9 Å². The number of ether oxygens (including phenoxy) is 2. The molecule has 1 unspecified atom stereocenters. The maximum Gasteiger partial charge on any atom is 0.225 e. The van der Waals surface area contributed by atoms with Crippen molar-refractivity contribution in [3.8, 4) is 5.88 Å². The first-order valence-electron chi connectivity index (χ1n) is 8.05. The molecule has 25 heavy (non-hydrogen) atoms. The van der Waals surface area contributed by atoms with Crippen LogP contribution in [0.4, 0.5) is 16.2 Å². The van der Waals surface area contributed by atoms with Crippen LogP contribution in [0.15, 0.2) is 18.3 Å². The maximum absolute atomic E-state index is 13.9. The van der Waals surface area contributed by atoms with E-state index < -0.39 is 5.60 Å². The van der Waals surface area contributed by atoms with Crippen LogP contribution in [0.1, 0.15) is 11.3 Å². The number of hydrogen-bond acceptors (Lipinski definition) is 8. The Morgan fingerprint density at radius 1 is 1.32 bits per heavy atom. The second kappa shape index (κ2) is 6.08. The molecule has 1 spiro atoms. The van der Waals surface area contributed by atoms with Gasteiger partial charge in [0.25, 0.3) is 0 Å². The molecule has 0 aromatic carbocycles. The highest BCUT2D eigenvalue weighted by Gasteiger charge is 2.45. The van der Waals surface area contributed by atoms with Crippen LogP contribution in [0.25, 0.3) is 0 Å². The normalized spacial score (nSPS) is 23.2. The van der Waals surface area contributed by atoms with Gasteiger partial charge in [0.15, 0.2) is 5.60 Å². The van der Waals surface area contributed by atoms with E-state index >= 15 is 0 Å². The first-order chi connectivity index (χ1) is 12.0. The van der Waals surface area contributed by atoms with Gasteiger partial charge in [0.2, 0.25) is 11.8 Å². The van der Waals surface area contributed by atoms with Crippen molar-refractivity contribution in [3.05, 3.63) is 35.4 Å². The minimum absolute atomic E-state index is 0.0789. The second-order valence-corrected chi connectivity index (χ2v) is 6.41. The van der Waals surface area contributed by atoms with Crippen LogP contribution < -0.4 is 16.2 Å². The molecule has 132 valence electrons. The van der Waals surface area contributed by atoms with Crippen molar-refractivity contribution in [1.82, 2.24) is 19.9 Å². The van der Waals surface area contributed by atoms with E-state index in [1.165, 1.54) is 6.07 Å². The van der Waals surface area contributed by atoms with Crippen LogP contribution >= 0.6 is 0 Å². The fraction of sp³-hybridized carbons (Fsp3) is 0.438. The van der Waals surface area contributed by atoms with Gasteiger partial charge < -0.3 is 20.9 Å². The minimum Gasteiger partial charge on any atom is -0.466 e. The lowest BCUT2D eigenvalue weighted by molar-refractivity contribution is -0.00279. The Morgan fingerprint density at radius 3 is 3.04 bits per heavy atom. The molecule has 1 atom stereocenters. The molecule has 0 amide bonds. The maximum atomic E-state index is 13.9. The molecule has 4 N–H and O–H groups in total. The molecule has 0 bridgehead atoms. The van der Waals surface area contributed by atoms with E-state index in [9.17, 15) is 4.39 Å². The van der Waals surface area contributed by atoms with E-state index in [1.807, 2.05) is 0 Å². The molecule has 8 nitrogen and oxygen atoms in total. The third-order valence-corrected chi connectivity index (χ3v) is 4.47. The molecule has 2 aliphatic heterocycles. The molecular weight excluding hydrogens is 327 g/mol. The van der Waals surface area contributed by atoms with Gasteiger partial charge in [-0.1, -0.05) is 0 Å². The van der Waals surface area contributed by atoms with Gasteiger partial charge in [-0.3, -0.25) is 9.88 Å². The van der Waals surface area contributed by atoms with Crippen molar-refractivity contribution >= 4 is 11.8 Å². The highest BCUT2D eigenvalue weighted by atomic mass is 19.1. The number of hydrogen-bond donors (Lipinski definition) is 2. The minimum atomic E-state index is -0.638. The number of halogens is 1. The van der Waals surface area contributed by atoms with Crippen molar-refractivity contribution in [3.63, 3.8) is 0 Å². The van der Waals surface area contributed by atoms with E-state index in [-0.39, 0.29) is 11.8 Å². The summed E-state index contributed by atoms with van der Waals surface area (Å²) in [6.45, 7) is 2.49. The van der Waals surface area contributed by atoms with Gasteiger partial charge in [0, 0.05) is 32.3 Å². The summed E-state index contributed by atoms with van der Waals surface area (Å²) in [5.41, 5.74) is 12.1. The zero-order chi connectivity index (χ0) is 17.4. The van der Waals surface area contributed by atoms with E-state index in [0.717, 1.165) is 5.56 Å². The predicted octanol–water partition coefficient (Wildman–Crippen LogP) is 0.381. The number of anilines is 2. The smallest absolute Gasteiger partial charge is 0.225 e. The summed E-state index contributed by atoms with van der Waals surface area (Å²) < 4.78 is 25.7. The molecule has 0 saturated carbocycles. The van der Waals surface area contributed by atoms with Gasteiger partial charge in [-0.15, -0.1) is 0 Å². The van der Waals surface area contributed by atoms with E-state index in [1.54, 1.807) is 12.3 Å². The molecule has 4 rings (SSSR count). The lowest BCUT2D eigenvalue weighted by Gasteiger charge is -2.30. The standard InChI is InChI=1S/C16H19FN6O2/c17-11-2-1-3-20-12(11)7-23-4-5-24-9-16(8-23)6-10-13(18)21-15(19)22-14(10)25-16/h1-3H,4-9H2,(H4,18,19,21,22). The first-order valence-corrected chi connectivity index (χ1v) is 8.05. The van der Waals surface area contributed by atoms with Crippen LogP contribution in [0, 0.1) is 5.82 Å². The van der Waals surface area contributed by atoms with Gasteiger partial charge in [-0.05, 0) is 12.1 Å². The van der Waals surface area contributed by atoms with E-state index in [0.29, 0.717) is 56.7 Å². The second-order valence-electron chi connectivity index (χ2n) is 6.41. The Morgan fingerprint density at radius 2 is 2.20 bits per heavy atom. The third kappa shape index (κ3) is 3.08. The molecule has 1 saturated heterocycles. The van der Waals surface area contributed by atoms with Gasteiger partial charge in [-0.2, -0.15) is 9.97 Å². The number of nitrogens with two attached hydrogens (primary N) is 2. The Labute approximate surface area is 144 Å². The van der Waals surface area contributed by atoms with Gasteiger partial charge >= 0.3 is 0 Å². The summed E-state index contributed by atoms with van der Waals surface area (Å²) in [7, 11) is 0. The highest BCUT2D eigenvalue weighted by Crippen LogP contribution is 2.38. The highest BCUT2D eigenvalue weighted by molar-refractivity contribution is 5.52. The Balaban J connectivity index is 1.57. The third-order valence-electron chi connectivity index (χ3n) is 4.47. The molecule has 2 aliphatic rings. The molecule has 0 radical (unpaired) electrons. The summed E-state index contributed by atoms with van der Waals surface area (Å²) in [4.78, 5) is 14.3. The predicted molar refractivity (Wildman–Crippen MR) is 88.2 cm³/mol. The number of nitrogens with zero attached hydrogens (tertiary/aromatic N) is 4. The largest absolute Gasteiger partial charge is 0.466 e. The van der Waals surface area contributed by atoms with Crippen molar-refractivity contribution in [2.75, 3.05) is 37.8 Å². The first kappa shape index (κ1) is 16.0. The average molecular weight is 346 g/mol. The van der Waals surface area contributed by atoms with Crippen molar-refractivity contribution in [2.45, 2.75) is 18.6 Å². The summed E-state index contributed by atoms with van der Waals surface area (Å²) in [6.07, 6.45) is 2.11. The van der Waals surface area contributed by atoms with Crippen LogP contribution in [0.2, 0.25) is 0 Å². The molecular formula is C16H19FN6O2. The zero-order valence-corrected chi connectivity index (χ0v) is 13.6. The quantitative estimate of drug-likeness (QED) is 0.803. The summed E-state index contributed by atoms with van der Waals surface area (Å²) in [5.74, 6) is 0.487. The average Bonchev–Trinajstić information content (AvgIpc) is 2.80. The topological polar surface area (TPSA) is 112 Å². The molecule has 2 aromatic rings. The number of rotatable bonds is 2. The lowest BCUT2D eigenvalue weighted by atomic mass is 9.98. The van der Waals surface area contributed by atoms with Gasteiger partial charge in [0.1, 0.15) is 11.6 Å². The molecule has 2 aromatic heterocycles. The lowest BCUT2D eigenvalue weighted by Crippen LogP contribution is -2.48. The van der Waals surface area contributed by atoms with Crippen molar-refractivity contribution in [2.24, 2.45) is 0 Å². The Kier molecular flexibility index (Phi) is 3.89. The number of nitrogen functional groups attached to an aromatic ring is 2. The summed E-state index contributed by atoms with van der Waals surface area (Å²) in [5, 5.41) is 0. The van der Waals surface area contributed by atoms with Crippen LogP contribution in [0.5, 0.6) is 5.88 Å². The number of fused-ring (bicyclic) bond motifs is 1. The molecule has 4 heterocycles. The summed E-state index contributed by atoms with van der Waals surface area (Å²) >= 11 is 0. The van der Waals surface area contributed by atoms with Gasteiger partial charge in [0.05, 0.1) is 24.5 Å². The van der Waals surface area contributed by atoms with E-state index in [2.05, 4.69) is 19.9 Å². The SMILES string of the molecule is Nc1nc(N)c2c(n1)OC1(COCCN(Cc3ncccc3F)C1)C2. The fourth-order valence-corrected chi connectivity index (χ4v) is 3.35. The van der Waals surface area contributed by atoms with Crippen molar-refractivity contribution in [1.29, 1.82) is 0 Å². The van der Waals surface area contributed by atoms with Crippen LogP contribution in [0.3, 0.4) is 0 Å². The van der Waals surface area contributed by atoms with Crippen LogP contribution in [-0.4, -0.2) is 51.8 Å². The molecule has 0 aliphatic carbocycles. The number of aromatic nitrogens is 3. The Bertz CT molecular complexity index is 804. The monoisotopic (exact) mass is 346 g/mol.